The van der Waals surface area contributed by atoms with E-state index in [1.807, 2.05) is 0 Å². The highest BCUT2D eigenvalue weighted by Crippen LogP contribution is 2.41. The van der Waals surface area contributed by atoms with E-state index in [-0.39, 0.29) is 22.2 Å². The molecule has 0 aromatic heterocycles. The molecule has 0 radical (unpaired) electrons. The maximum atomic E-state index is 13.6. The Morgan fingerprint density at radius 2 is 1.83 bits per heavy atom. The van der Waals surface area contributed by atoms with Crippen LogP contribution in [-0.2, 0) is 4.79 Å². The molecule has 2 aromatic rings. The van der Waals surface area contributed by atoms with Gasteiger partial charge in [-0.2, -0.15) is 23.3 Å². The number of benzene rings is 2. The molecule has 0 bridgehead atoms. The monoisotopic (exact) mass is 423 g/mol. The predicted molar refractivity (Wildman–Crippen MR) is 98.8 cm³/mol. The van der Waals surface area contributed by atoms with E-state index >= 15 is 0 Å². The molecule has 1 amide bonds. The van der Waals surface area contributed by atoms with Crippen molar-refractivity contribution in [3.8, 4) is 5.75 Å². The lowest BCUT2D eigenvalue weighted by Crippen LogP contribution is -2.57. The Kier molecular flexibility index (Phi) is 5.49. The summed E-state index contributed by atoms with van der Waals surface area (Å²) in [5, 5.41) is 24.6. The van der Waals surface area contributed by atoms with Gasteiger partial charge in [0.05, 0.1) is 17.1 Å². The number of carbonyl (C=O) groups excluding carboxylic acids is 1. The third-order valence-corrected chi connectivity index (χ3v) is 4.47. The van der Waals surface area contributed by atoms with Gasteiger partial charge in [-0.3, -0.25) is 14.9 Å². The Hall–Kier alpha value is -3.47. The van der Waals surface area contributed by atoms with Crippen molar-refractivity contribution in [3.63, 3.8) is 0 Å². The number of hydrazone groups is 1. The maximum absolute atomic E-state index is 13.6. The summed E-state index contributed by atoms with van der Waals surface area (Å²) in [6.07, 6.45) is -6.09. The summed E-state index contributed by atoms with van der Waals surface area (Å²) in [6, 6.07) is 11.1. The standard InChI is InChI=1S/C19H16F3N3O5/c1-12-2-4-13(5-3-12)16-10-18(27,19(20,21)22)24(23-16)17(26)11-30-15-8-6-14(7-9-15)25(28)29/h2-9,27H,10-11H2,1H3/t18-/m1/s1. The fraction of sp³-hybridized carbons (Fsp3) is 0.263. The summed E-state index contributed by atoms with van der Waals surface area (Å²) in [7, 11) is 0. The zero-order valence-electron chi connectivity index (χ0n) is 15.6. The number of nitro groups is 1. The molecular weight excluding hydrogens is 407 g/mol. The Labute approximate surface area is 168 Å². The van der Waals surface area contributed by atoms with Gasteiger partial charge in [-0.15, -0.1) is 0 Å². The lowest BCUT2D eigenvalue weighted by molar-refractivity contribution is -0.384. The fourth-order valence-corrected chi connectivity index (χ4v) is 2.81. The average molecular weight is 423 g/mol. The smallest absolute Gasteiger partial charge is 0.438 e. The molecule has 0 unspecified atom stereocenters. The van der Waals surface area contributed by atoms with Gasteiger partial charge in [0.15, 0.2) is 6.61 Å². The van der Waals surface area contributed by atoms with Gasteiger partial charge in [0, 0.05) is 12.1 Å². The number of non-ortho nitro benzene ring substituents is 1. The summed E-state index contributed by atoms with van der Waals surface area (Å²) in [5.41, 5.74) is -2.60. The summed E-state index contributed by atoms with van der Waals surface area (Å²) in [6.45, 7) is 0.943. The van der Waals surface area contributed by atoms with Crippen molar-refractivity contribution in [3.05, 3.63) is 69.8 Å². The minimum Gasteiger partial charge on any atom is -0.484 e. The molecule has 8 nitrogen and oxygen atoms in total. The van der Waals surface area contributed by atoms with E-state index in [4.69, 9.17) is 4.74 Å². The van der Waals surface area contributed by atoms with Gasteiger partial charge in [-0.1, -0.05) is 29.8 Å². The van der Waals surface area contributed by atoms with Crippen molar-refractivity contribution >= 4 is 17.3 Å². The molecule has 1 atom stereocenters. The van der Waals surface area contributed by atoms with E-state index in [2.05, 4.69) is 5.10 Å². The van der Waals surface area contributed by atoms with Crippen LogP contribution < -0.4 is 4.74 Å². The Balaban J connectivity index is 1.81. The number of halogens is 3. The van der Waals surface area contributed by atoms with E-state index in [0.717, 1.165) is 17.7 Å². The Morgan fingerprint density at radius 3 is 2.37 bits per heavy atom. The number of aliphatic hydroxyl groups is 1. The molecule has 1 aliphatic rings. The second-order valence-electron chi connectivity index (χ2n) is 6.65. The molecule has 0 fully saturated rings. The molecule has 3 rings (SSSR count). The summed E-state index contributed by atoms with van der Waals surface area (Å²) < 4.78 is 45.8. The Morgan fingerprint density at radius 1 is 1.23 bits per heavy atom. The molecule has 0 saturated carbocycles. The van der Waals surface area contributed by atoms with Gasteiger partial charge < -0.3 is 9.84 Å². The van der Waals surface area contributed by atoms with E-state index in [1.54, 1.807) is 31.2 Å². The second-order valence-corrected chi connectivity index (χ2v) is 6.65. The van der Waals surface area contributed by atoms with Crippen LogP contribution in [0.15, 0.2) is 53.6 Å². The number of amides is 1. The molecule has 1 aliphatic heterocycles. The number of nitro benzene ring substituents is 1. The van der Waals surface area contributed by atoms with Crippen molar-refractivity contribution in [2.45, 2.75) is 25.2 Å². The highest BCUT2D eigenvalue weighted by atomic mass is 19.4. The summed E-state index contributed by atoms with van der Waals surface area (Å²) in [4.78, 5) is 22.4. The van der Waals surface area contributed by atoms with Crippen LogP contribution in [0.5, 0.6) is 5.75 Å². The highest BCUT2D eigenvalue weighted by molar-refractivity contribution is 6.03. The molecule has 1 heterocycles. The van der Waals surface area contributed by atoms with E-state index in [9.17, 15) is 33.2 Å². The largest absolute Gasteiger partial charge is 0.484 e. The lowest BCUT2D eigenvalue weighted by atomic mass is 10.00. The van der Waals surface area contributed by atoms with Crippen molar-refractivity contribution in [1.82, 2.24) is 5.01 Å². The van der Waals surface area contributed by atoms with Gasteiger partial charge in [-0.05, 0) is 24.6 Å². The van der Waals surface area contributed by atoms with Crippen LogP contribution in [0.1, 0.15) is 17.5 Å². The van der Waals surface area contributed by atoms with Crippen molar-refractivity contribution in [2.24, 2.45) is 5.10 Å². The van der Waals surface area contributed by atoms with Crippen molar-refractivity contribution < 1.29 is 32.7 Å². The molecule has 0 saturated heterocycles. The topological polar surface area (TPSA) is 105 Å². The zero-order valence-corrected chi connectivity index (χ0v) is 15.6. The van der Waals surface area contributed by atoms with Crippen LogP contribution in [0.4, 0.5) is 18.9 Å². The van der Waals surface area contributed by atoms with E-state index < -0.39 is 35.8 Å². The SMILES string of the molecule is Cc1ccc(C2=NN(C(=O)COc3ccc([N+](=O)[O-])cc3)[C@](O)(C(F)(F)F)C2)cc1. The van der Waals surface area contributed by atoms with Gasteiger partial charge in [0.1, 0.15) is 5.75 Å². The van der Waals surface area contributed by atoms with Crippen LogP contribution in [0.2, 0.25) is 0 Å². The molecule has 1 N–H and O–H groups in total. The molecule has 0 spiro atoms. The van der Waals surface area contributed by atoms with Crippen LogP contribution in [0.3, 0.4) is 0 Å². The summed E-state index contributed by atoms with van der Waals surface area (Å²) >= 11 is 0. The minimum absolute atomic E-state index is 0.0203. The molecule has 30 heavy (non-hydrogen) atoms. The second kappa shape index (κ2) is 7.75. The minimum atomic E-state index is -5.16. The first kappa shape index (κ1) is 21.2. The molecule has 0 aliphatic carbocycles. The number of carbonyl (C=O) groups is 1. The average Bonchev–Trinajstić information content (AvgIpc) is 3.06. The number of ether oxygens (including phenoxy) is 1. The van der Waals surface area contributed by atoms with Gasteiger partial charge in [0.2, 0.25) is 0 Å². The number of rotatable bonds is 5. The Bertz CT molecular complexity index is 990. The number of hydrogen-bond acceptors (Lipinski definition) is 6. The van der Waals surface area contributed by atoms with Crippen LogP contribution in [-0.4, -0.2) is 45.2 Å². The lowest BCUT2D eigenvalue weighted by Gasteiger charge is -2.32. The van der Waals surface area contributed by atoms with Gasteiger partial charge in [0.25, 0.3) is 17.3 Å². The van der Waals surface area contributed by atoms with Crippen molar-refractivity contribution in [1.29, 1.82) is 0 Å². The van der Waals surface area contributed by atoms with Crippen LogP contribution in [0, 0.1) is 17.0 Å². The van der Waals surface area contributed by atoms with Gasteiger partial charge >= 0.3 is 6.18 Å². The van der Waals surface area contributed by atoms with E-state index in [1.165, 1.54) is 12.1 Å². The van der Waals surface area contributed by atoms with Crippen molar-refractivity contribution in [2.75, 3.05) is 6.61 Å². The van der Waals surface area contributed by atoms with Crippen LogP contribution in [0.25, 0.3) is 0 Å². The quantitative estimate of drug-likeness (QED) is 0.588. The number of aryl methyl sites for hydroxylation is 1. The number of hydrogen-bond donors (Lipinski definition) is 1. The number of alkyl halides is 3. The van der Waals surface area contributed by atoms with Crippen LogP contribution >= 0.6 is 0 Å². The first-order valence-electron chi connectivity index (χ1n) is 8.65. The number of nitrogens with zero attached hydrogens (tertiary/aromatic N) is 3. The van der Waals surface area contributed by atoms with E-state index in [0.29, 0.717) is 5.56 Å². The summed E-state index contributed by atoms with van der Waals surface area (Å²) in [5.74, 6) is -1.19. The molecule has 158 valence electrons. The van der Waals surface area contributed by atoms with Gasteiger partial charge in [-0.25, -0.2) is 0 Å². The third-order valence-electron chi connectivity index (χ3n) is 4.47. The fourth-order valence-electron chi connectivity index (χ4n) is 2.81. The molecule has 11 heteroatoms. The predicted octanol–water partition coefficient (Wildman–Crippen LogP) is 3.17. The molecular formula is C19H16F3N3O5. The normalized spacial score (nSPS) is 18.8. The third kappa shape index (κ3) is 4.10. The first-order valence-corrected chi connectivity index (χ1v) is 8.65. The molecule has 2 aromatic carbocycles. The maximum Gasteiger partial charge on any atom is 0.438 e. The first-order chi connectivity index (χ1) is 14.0. The zero-order chi connectivity index (χ0) is 22.1. The highest BCUT2D eigenvalue weighted by Gasteiger charge is 2.63.